The summed E-state index contributed by atoms with van der Waals surface area (Å²) in [7, 11) is 10.4. The van der Waals surface area contributed by atoms with Crippen LogP contribution in [-0.2, 0) is 32.3 Å². The first-order valence-corrected chi connectivity index (χ1v) is 41.8. The van der Waals surface area contributed by atoms with Crippen LogP contribution in [-0.4, -0.2) is 121 Å². The Kier molecular flexibility index (Phi) is 42.8. The van der Waals surface area contributed by atoms with Crippen molar-refractivity contribution in [2.24, 2.45) is 0 Å². The summed E-state index contributed by atoms with van der Waals surface area (Å²) in [5.74, 6) is 4.73. The number of esters is 3. The molecule has 0 aromatic heterocycles. The third-order valence-electron chi connectivity index (χ3n) is 16.2. The molecule has 0 heterocycles. The number of unbranched alkanes of at least 4 members (excludes halogenated alkanes) is 5. The minimum Gasteiger partial charge on any atom is -0.508 e. The minimum absolute atomic E-state index is 0.00133. The zero-order valence-corrected chi connectivity index (χ0v) is 69.0. The Hall–Kier alpha value is -9.66. The molecule has 9 aromatic rings. The number of phenols is 3. The molecule has 19 nitrogen and oxygen atoms in total. The van der Waals surface area contributed by atoms with Gasteiger partial charge in [-0.1, -0.05) is 69.3 Å². The number of ether oxygens (including phenoxy) is 12. The van der Waals surface area contributed by atoms with E-state index in [2.05, 4.69) is 183 Å². The number of phenolic OH excluding ortho intramolecular Hbond substituents is 3. The van der Waals surface area contributed by atoms with Gasteiger partial charge in [0.15, 0.2) is 0 Å². The molecular formula is C87H109Br2O19P. The van der Waals surface area contributed by atoms with Crippen LogP contribution in [0.25, 0.3) is 0 Å². The Morgan fingerprint density at radius 1 is 0.330 bits per heavy atom. The van der Waals surface area contributed by atoms with Crippen LogP contribution in [0.4, 0.5) is 0 Å². The monoisotopic (exact) mass is 1650 g/mol. The van der Waals surface area contributed by atoms with Gasteiger partial charge in [0.05, 0.1) is 92.4 Å². The average molecular weight is 1650 g/mol. The summed E-state index contributed by atoms with van der Waals surface area (Å²) in [4.78, 5) is 33.6. The second-order valence-corrected chi connectivity index (χ2v) is 34.0. The molecule has 590 valence electrons. The third kappa shape index (κ3) is 31.1. The average Bonchev–Trinajstić information content (AvgIpc) is 0.704. The molecule has 0 atom stereocenters. The summed E-state index contributed by atoms with van der Waals surface area (Å²) in [6.07, 6.45) is 11.3. The number of aliphatic hydroxyl groups excluding tert-OH is 1. The number of aliphatic hydroxyl groups is 1. The van der Waals surface area contributed by atoms with E-state index in [1.165, 1.54) is 72.6 Å². The molecule has 0 aliphatic rings. The van der Waals surface area contributed by atoms with Crippen LogP contribution in [0, 0.1) is 0 Å². The number of carbonyl (C=O) groups excluding carboxylic acids is 3. The summed E-state index contributed by atoms with van der Waals surface area (Å²) in [6, 6.07) is 63.3. The maximum absolute atomic E-state index is 11.4. The molecule has 0 saturated heterocycles. The fourth-order valence-corrected chi connectivity index (χ4v) is 18.5. The second kappa shape index (κ2) is 50.9. The number of alkyl halides is 1. The van der Waals surface area contributed by atoms with E-state index in [1.807, 2.05) is 36.4 Å². The molecule has 0 spiro atoms. The van der Waals surface area contributed by atoms with E-state index in [1.54, 1.807) is 58.8 Å². The fourth-order valence-electron chi connectivity index (χ4n) is 10.4. The molecule has 0 aliphatic heterocycles. The van der Waals surface area contributed by atoms with Gasteiger partial charge in [-0.2, -0.15) is 0 Å². The third-order valence-corrected chi connectivity index (χ3v) is 26.4. The summed E-state index contributed by atoms with van der Waals surface area (Å²) in [5.41, 5.74) is 3.99. The van der Waals surface area contributed by atoms with Crippen molar-refractivity contribution in [1.29, 1.82) is 0 Å². The van der Waals surface area contributed by atoms with Gasteiger partial charge in [0.25, 0.3) is 0 Å². The number of rotatable bonds is 34. The molecule has 0 saturated carbocycles. The number of benzene rings is 9. The topological polar surface area (TPSA) is 243 Å². The maximum Gasteiger partial charge on any atom is 0.338 e. The molecule has 9 aromatic carbocycles. The van der Waals surface area contributed by atoms with Crippen molar-refractivity contribution in [3.05, 3.63) is 234 Å². The number of halogens is 2. The Morgan fingerprint density at radius 3 is 0.908 bits per heavy atom. The van der Waals surface area contributed by atoms with Crippen LogP contribution in [0.5, 0.6) is 69.0 Å². The van der Waals surface area contributed by atoms with Gasteiger partial charge >= 0.3 is 230 Å². The van der Waals surface area contributed by atoms with E-state index in [0.29, 0.717) is 55.0 Å². The van der Waals surface area contributed by atoms with Gasteiger partial charge < -0.3 is 67.8 Å². The van der Waals surface area contributed by atoms with Crippen molar-refractivity contribution in [2.45, 2.75) is 117 Å². The molecule has 0 aliphatic carbocycles. The molecule has 109 heavy (non-hydrogen) atoms. The molecule has 4 N–H and O–H groups in total. The van der Waals surface area contributed by atoms with Gasteiger partial charge in [0.2, 0.25) is 0 Å². The molecule has 0 bridgehead atoms. The van der Waals surface area contributed by atoms with E-state index in [4.69, 9.17) is 58.0 Å². The molecule has 0 unspecified atom stereocenters. The number of aromatic hydroxyl groups is 3. The SMILES string of the molecule is CCCCOc1cc(CBr)cc(OC)c1.CCCCOc1cc(CO)cc(OC)c1.CCCCOc1cc(CP(Br)(c2ccccc2)(c2ccccc2)c2ccccc2)cc(OC)c1.CCCCOc1cc(O)cc(C(=O)OC)c1.CCCCOc1cc(OC)cc(C(=O)OC)c1.COC(=O)c1cc(O)cc(O)c1. The van der Waals surface area contributed by atoms with Gasteiger partial charge in [0, 0.05) is 35.7 Å². The van der Waals surface area contributed by atoms with Crippen molar-refractivity contribution >= 4 is 70.5 Å². The second-order valence-electron chi connectivity index (χ2n) is 24.5. The van der Waals surface area contributed by atoms with Crippen molar-refractivity contribution in [3.8, 4) is 69.0 Å². The molecular weight excluding hydrogens is 1540 g/mol. The first-order chi connectivity index (χ1) is 52.7. The van der Waals surface area contributed by atoms with Crippen LogP contribution in [0.3, 0.4) is 0 Å². The molecule has 0 amide bonds. The summed E-state index contributed by atoms with van der Waals surface area (Å²) >= 11 is 7.96. The number of hydrogen-bond acceptors (Lipinski definition) is 19. The van der Waals surface area contributed by atoms with E-state index in [0.717, 1.165) is 123 Å². The Bertz CT molecular complexity index is 3880. The summed E-state index contributed by atoms with van der Waals surface area (Å²) in [6.45, 7) is 14.0. The predicted octanol–water partition coefficient (Wildman–Crippen LogP) is 19.3. The van der Waals surface area contributed by atoms with Crippen molar-refractivity contribution in [2.75, 3.05) is 82.8 Å². The van der Waals surface area contributed by atoms with Crippen molar-refractivity contribution < 1.29 is 91.7 Å². The van der Waals surface area contributed by atoms with Gasteiger partial charge in [-0.3, -0.25) is 0 Å². The van der Waals surface area contributed by atoms with Crippen molar-refractivity contribution in [3.63, 3.8) is 0 Å². The Morgan fingerprint density at radius 2 is 0.587 bits per heavy atom. The zero-order chi connectivity index (χ0) is 79.9. The summed E-state index contributed by atoms with van der Waals surface area (Å²) in [5, 5.41) is 38.0. The first-order valence-electron chi connectivity index (χ1n) is 36.2. The first kappa shape index (κ1) is 91.7. The largest absolute Gasteiger partial charge is 0.508 e. The Labute approximate surface area is 660 Å². The minimum atomic E-state index is -3.08. The van der Waals surface area contributed by atoms with Crippen LogP contribution in [0.2, 0.25) is 0 Å². The van der Waals surface area contributed by atoms with E-state index >= 15 is 0 Å². The number of methoxy groups -OCH3 is 7. The molecule has 22 heteroatoms. The quantitative estimate of drug-likeness (QED) is 0.00963. The molecule has 0 fully saturated rings. The number of carbonyl (C=O) groups is 3. The normalized spacial score (nSPS) is 10.7. The van der Waals surface area contributed by atoms with Gasteiger partial charge in [-0.15, -0.1) is 0 Å². The standard InChI is InChI=1S/C30H32BrO2P.C13H18O4.C12H17BrO2.C12H16O4.C12H18O3.C8H8O4/c1-3-4-20-33-27-22-25(21-26(23-27)32-2)24-34(31,28-14-8-5-9-15-28,29-16-10-6-11-17-29)30-18-12-7-13-19-30;1-4-5-6-17-12-8-10(13(14)16-3)7-11(9-12)15-2;1-3-4-5-15-12-7-10(9-13)6-11(8-12)14-2;1-3-4-5-16-11-7-9(12(14)15-2)6-10(13)8-11;1-3-4-5-15-12-7-10(9-13)6-11(8-12)14-2;1-12-8(11)5-2-6(9)4-7(10)3-5/h5-19,21-23H,3-4,20,24H2,1-2H3;7-9H,4-6H2,1-3H3;6-8H,3-5,9H2,1-2H3;6-8,13H,3-5H2,1-2H3;6-8,13H,3-5,9H2,1-2H3;2-4,9-10H,1H3. The number of hydrogen-bond donors (Lipinski definition) is 4. The van der Waals surface area contributed by atoms with Gasteiger partial charge in [0.1, 0.15) is 57.5 Å². The smallest absolute Gasteiger partial charge is 0.338 e. The van der Waals surface area contributed by atoms with Crippen molar-refractivity contribution in [1.82, 2.24) is 0 Å². The van der Waals surface area contributed by atoms with Gasteiger partial charge in [-0.25, -0.2) is 14.4 Å². The van der Waals surface area contributed by atoms with E-state index in [-0.39, 0.29) is 35.0 Å². The van der Waals surface area contributed by atoms with Crippen LogP contribution in [0.15, 0.2) is 200 Å². The van der Waals surface area contributed by atoms with E-state index < -0.39 is 23.2 Å². The van der Waals surface area contributed by atoms with Crippen LogP contribution >= 0.6 is 36.7 Å². The molecule has 9 rings (SSSR count). The van der Waals surface area contributed by atoms with E-state index in [9.17, 15) is 19.5 Å². The summed E-state index contributed by atoms with van der Waals surface area (Å²) < 4.78 is 62.9. The zero-order valence-electron chi connectivity index (χ0n) is 64.9. The molecule has 0 radical (unpaired) electrons. The Balaban J connectivity index is 0.000000290. The van der Waals surface area contributed by atoms with Crippen LogP contribution in [0.1, 0.15) is 147 Å². The maximum atomic E-state index is 11.4. The fraction of sp³-hybridized carbons (Fsp3) is 0.345. The predicted molar refractivity (Wildman–Crippen MR) is 442 cm³/mol. The van der Waals surface area contributed by atoms with Gasteiger partial charge in [-0.05, 0) is 97.5 Å². The van der Waals surface area contributed by atoms with Crippen LogP contribution < -0.4 is 58.5 Å².